The van der Waals surface area contributed by atoms with Gasteiger partial charge in [-0.1, -0.05) is 0 Å². The van der Waals surface area contributed by atoms with Crippen molar-refractivity contribution in [2.45, 2.75) is 6.92 Å². The molecule has 1 aromatic rings. The van der Waals surface area contributed by atoms with Crippen molar-refractivity contribution in [3.8, 4) is 0 Å². The van der Waals surface area contributed by atoms with Gasteiger partial charge in [-0.15, -0.1) is 0 Å². The third kappa shape index (κ3) is 1.47. The van der Waals surface area contributed by atoms with E-state index in [0.717, 1.165) is 11.0 Å². The summed E-state index contributed by atoms with van der Waals surface area (Å²) in [4.78, 5) is 0. The maximum absolute atomic E-state index is 11.4. The van der Waals surface area contributed by atoms with Gasteiger partial charge in [0.25, 0.3) is 0 Å². The van der Waals surface area contributed by atoms with Gasteiger partial charge in [0, 0.05) is 5.38 Å². The standard InChI is InChI=1S/C6H10NOPS/c1-5-4-10-7-6(5)9(2,3)8/h4H,1-3H3. The maximum atomic E-state index is 11.4. The van der Waals surface area contributed by atoms with Gasteiger partial charge in [-0.3, -0.25) is 0 Å². The highest BCUT2D eigenvalue weighted by molar-refractivity contribution is 7.70. The van der Waals surface area contributed by atoms with Crippen molar-refractivity contribution < 1.29 is 4.57 Å². The first-order valence-electron chi connectivity index (χ1n) is 2.98. The summed E-state index contributed by atoms with van der Waals surface area (Å²) in [6, 6.07) is 0. The van der Waals surface area contributed by atoms with Crippen molar-refractivity contribution in [3.63, 3.8) is 0 Å². The predicted octanol–water partition coefficient (Wildman–Crippen LogP) is 1.70. The summed E-state index contributed by atoms with van der Waals surface area (Å²) in [5, 5.41) is 1.93. The van der Waals surface area contributed by atoms with Crippen LogP contribution < -0.4 is 5.44 Å². The van der Waals surface area contributed by atoms with E-state index in [4.69, 9.17) is 0 Å². The maximum Gasteiger partial charge on any atom is 0.128 e. The van der Waals surface area contributed by atoms with E-state index in [1.54, 1.807) is 13.3 Å². The highest BCUT2D eigenvalue weighted by Gasteiger charge is 2.15. The molecule has 0 aliphatic carbocycles. The lowest BCUT2D eigenvalue weighted by Crippen LogP contribution is -2.05. The minimum atomic E-state index is -2.11. The molecule has 0 unspecified atom stereocenters. The van der Waals surface area contributed by atoms with Crippen molar-refractivity contribution in [1.82, 2.24) is 4.37 Å². The lowest BCUT2D eigenvalue weighted by Gasteiger charge is -2.01. The van der Waals surface area contributed by atoms with Crippen molar-refractivity contribution in [3.05, 3.63) is 10.9 Å². The Morgan fingerprint density at radius 1 is 1.60 bits per heavy atom. The van der Waals surface area contributed by atoms with Crippen LogP contribution in [-0.2, 0) is 4.57 Å². The molecule has 2 nitrogen and oxygen atoms in total. The van der Waals surface area contributed by atoms with Gasteiger partial charge in [-0.05, 0) is 37.3 Å². The molecule has 0 spiro atoms. The van der Waals surface area contributed by atoms with Crippen LogP contribution in [0.3, 0.4) is 0 Å². The second kappa shape index (κ2) is 2.48. The Hall–Kier alpha value is -0.140. The van der Waals surface area contributed by atoms with Crippen molar-refractivity contribution >= 4 is 24.1 Å². The number of aromatic nitrogens is 1. The zero-order valence-corrected chi connectivity index (χ0v) is 8.00. The van der Waals surface area contributed by atoms with Gasteiger partial charge in [0.2, 0.25) is 0 Å². The molecule has 0 fully saturated rings. The lowest BCUT2D eigenvalue weighted by atomic mass is 10.4. The normalized spacial score (nSPS) is 11.9. The highest BCUT2D eigenvalue weighted by Crippen LogP contribution is 2.35. The Morgan fingerprint density at radius 2 is 2.20 bits per heavy atom. The van der Waals surface area contributed by atoms with Gasteiger partial charge in [-0.2, -0.15) is 4.37 Å². The van der Waals surface area contributed by atoms with Gasteiger partial charge in [-0.25, -0.2) is 0 Å². The molecule has 0 atom stereocenters. The number of hydrogen-bond acceptors (Lipinski definition) is 3. The molecule has 0 amide bonds. The van der Waals surface area contributed by atoms with E-state index in [9.17, 15) is 4.57 Å². The van der Waals surface area contributed by atoms with Crippen molar-refractivity contribution in [2.75, 3.05) is 13.3 Å². The quantitative estimate of drug-likeness (QED) is 0.608. The summed E-state index contributed by atoms with van der Waals surface area (Å²) in [6.45, 7) is 5.43. The predicted molar refractivity (Wildman–Crippen MR) is 45.9 cm³/mol. The zero-order chi connectivity index (χ0) is 7.78. The van der Waals surface area contributed by atoms with E-state index < -0.39 is 7.14 Å². The van der Waals surface area contributed by atoms with Gasteiger partial charge >= 0.3 is 0 Å². The lowest BCUT2D eigenvalue weighted by molar-refractivity contribution is 0.588. The van der Waals surface area contributed by atoms with Crippen LogP contribution in [0.2, 0.25) is 0 Å². The summed E-state index contributed by atoms with van der Waals surface area (Å²) in [7, 11) is -2.11. The smallest absolute Gasteiger partial charge is 0.128 e. The number of nitrogens with zero attached hydrogens (tertiary/aromatic N) is 1. The first kappa shape index (κ1) is 7.96. The summed E-state index contributed by atoms with van der Waals surface area (Å²) in [5.41, 5.74) is 1.84. The fraction of sp³-hybridized carbons (Fsp3) is 0.500. The molecule has 0 aromatic carbocycles. The van der Waals surface area contributed by atoms with E-state index in [0.29, 0.717) is 0 Å². The SMILES string of the molecule is Cc1csnc1P(C)(C)=O. The van der Waals surface area contributed by atoms with Crippen LogP contribution in [-0.4, -0.2) is 17.7 Å². The van der Waals surface area contributed by atoms with Gasteiger partial charge in [0.1, 0.15) is 12.6 Å². The third-order valence-corrected chi connectivity index (χ3v) is 3.59. The van der Waals surface area contributed by atoms with E-state index in [2.05, 4.69) is 4.37 Å². The number of hydrogen-bond donors (Lipinski definition) is 0. The average Bonchev–Trinajstić information content (AvgIpc) is 2.11. The molecule has 10 heavy (non-hydrogen) atoms. The molecule has 0 saturated heterocycles. The molecule has 0 N–H and O–H groups in total. The topological polar surface area (TPSA) is 30.0 Å². The van der Waals surface area contributed by atoms with Crippen LogP contribution in [0.5, 0.6) is 0 Å². The fourth-order valence-corrected chi connectivity index (χ4v) is 3.30. The molecule has 0 aliphatic heterocycles. The first-order chi connectivity index (χ1) is 4.52. The Balaban J connectivity index is 3.18. The minimum Gasteiger partial charge on any atom is -0.318 e. The second-order valence-electron chi connectivity index (χ2n) is 2.67. The minimum absolute atomic E-state index is 0.789. The van der Waals surface area contributed by atoms with Gasteiger partial charge in [0.05, 0.1) is 0 Å². The zero-order valence-electron chi connectivity index (χ0n) is 6.29. The van der Waals surface area contributed by atoms with Crippen LogP contribution in [0.1, 0.15) is 5.56 Å². The molecular formula is C6H10NOPS. The van der Waals surface area contributed by atoms with Crippen molar-refractivity contribution in [1.29, 1.82) is 0 Å². The van der Waals surface area contributed by atoms with E-state index in [-0.39, 0.29) is 0 Å². The third-order valence-electron chi connectivity index (χ3n) is 1.23. The van der Waals surface area contributed by atoms with Crippen LogP contribution >= 0.6 is 18.7 Å². The Kier molecular flexibility index (Phi) is 1.97. The first-order valence-corrected chi connectivity index (χ1v) is 6.42. The van der Waals surface area contributed by atoms with Gasteiger partial charge < -0.3 is 4.57 Å². The molecule has 4 heteroatoms. The molecule has 0 aliphatic rings. The molecule has 0 radical (unpaired) electrons. The molecule has 1 aromatic heterocycles. The Morgan fingerprint density at radius 3 is 2.40 bits per heavy atom. The van der Waals surface area contributed by atoms with Crippen LogP contribution in [0.4, 0.5) is 0 Å². The molecule has 1 rings (SSSR count). The van der Waals surface area contributed by atoms with Crippen LogP contribution in [0.15, 0.2) is 5.38 Å². The fourth-order valence-electron chi connectivity index (χ4n) is 0.803. The Labute approximate surface area is 64.8 Å². The van der Waals surface area contributed by atoms with E-state index in [1.165, 1.54) is 11.5 Å². The van der Waals surface area contributed by atoms with E-state index >= 15 is 0 Å². The molecular weight excluding hydrogens is 165 g/mol. The Bertz CT molecular complexity index is 275. The van der Waals surface area contributed by atoms with Crippen LogP contribution in [0, 0.1) is 6.92 Å². The number of rotatable bonds is 1. The number of aryl methyl sites for hydroxylation is 1. The summed E-state index contributed by atoms with van der Waals surface area (Å²) >= 11 is 1.37. The molecule has 0 saturated carbocycles. The van der Waals surface area contributed by atoms with Crippen molar-refractivity contribution in [2.24, 2.45) is 0 Å². The monoisotopic (exact) mass is 175 g/mol. The summed E-state index contributed by atoms with van der Waals surface area (Å²) in [6.07, 6.45) is 0. The highest BCUT2D eigenvalue weighted by atomic mass is 32.1. The summed E-state index contributed by atoms with van der Waals surface area (Å²) in [5.74, 6) is 0. The van der Waals surface area contributed by atoms with E-state index in [1.807, 2.05) is 12.3 Å². The molecule has 1 heterocycles. The second-order valence-corrected chi connectivity index (χ2v) is 6.43. The summed E-state index contributed by atoms with van der Waals surface area (Å²) < 4.78 is 15.5. The molecule has 56 valence electrons. The largest absolute Gasteiger partial charge is 0.318 e. The average molecular weight is 175 g/mol. The van der Waals surface area contributed by atoms with Crippen LogP contribution in [0.25, 0.3) is 0 Å². The van der Waals surface area contributed by atoms with Gasteiger partial charge in [0.15, 0.2) is 0 Å². The molecule has 0 bridgehead atoms.